The van der Waals surface area contributed by atoms with Crippen molar-refractivity contribution in [3.8, 4) is 0 Å². The summed E-state index contributed by atoms with van der Waals surface area (Å²) in [6.45, 7) is 1.44. The second kappa shape index (κ2) is 6.53. The summed E-state index contributed by atoms with van der Waals surface area (Å²) in [4.78, 5) is 18.5. The van der Waals surface area contributed by atoms with Gasteiger partial charge in [0.2, 0.25) is 10.1 Å². The Morgan fingerprint density at radius 3 is 2.96 bits per heavy atom. The zero-order valence-electron chi connectivity index (χ0n) is 12.7. The Morgan fingerprint density at radius 2 is 2.16 bits per heavy atom. The maximum absolute atomic E-state index is 13.8. The second-order valence-electron chi connectivity index (χ2n) is 5.46. The topological polar surface area (TPSA) is 59.7 Å². The first-order chi connectivity index (χ1) is 12.0. The van der Waals surface area contributed by atoms with Gasteiger partial charge in [0.15, 0.2) is 0 Å². The third-order valence-corrected chi connectivity index (χ3v) is 5.48. The number of halogens is 3. The van der Waals surface area contributed by atoms with Gasteiger partial charge in [0, 0.05) is 29.4 Å². The molecule has 1 unspecified atom stereocenters. The van der Waals surface area contributed by atoms with Crippen LogP contribution in [0.2, 0.25) is 10.0 Å². The van der Waals surface area contributed by atoms with E-state index in [0.717, 1.165) is 0 Å². The van der Waals surface area contributed by atoms with Crippen LogP contribution in [-0.2, 0) is 4.74 Å². The largest absolute Gasteiger partial charge is 0.370 e. The highest BCUT2D eigenvalue weighted by Gasteiger charge is 2.27. The minimum Gasteiger partial charge on any atom is -0.370 e. The number of benzene rings is 1. The van der Waals surface area contributed by atoms with E-state index in [4.69, 9.17) is 27.9 Å². The number of hydrogen-bond acceptors (Lipinski definition) is 6. The van der Waals surface area contributed by atoms with E-state index in [0.29, 0.717) is 40.4 Å². The predicted molar refractivity (Wildman–Crippen MR) is 94.5 cm³/mol. The molecule has 1 aromatic carbocycles. The summed E-state index contributed by atoms with van der Waals surface area (Å²) in [5, 5.41) is 5.29. The lowest BCUT2D eigenvalue weighted by Gasteiger charge is -2.33. The molecule has 0 aliphatic carbocycles. The molecule has 130 valence electrons. The van der Waals surface area contributed by atoms with Gasteiger partial charge in [0.1, 0.15) is 11.9 Å². The van der Waals surface area contributed by atoms with Crippen molar-refractivity contribution < 1.29 is 9.13 Å². The SMILES string of the molecule is O=c1ccnc2sc(N3CCOC(c4cc(F)c(Cl)cc4Cl)C3)nn12. The van der Waals surface area contributed by atoms with E-state index in [1.807, 2.05) is 4.90 Å². The summed E-state index contributed by atoms with van der Waals surface area (Å²) in [6.07, 6.45) is 1.03. The average molecular weight is 401 g/mol. The quantitative estimate of drug-likeness (QED) is 0.618. The molecule has 2 aromatic heterocycles. The smallest absolute Gasteiger partial charge is 0.275 e. The highest BCUT2D eigenvalue weighted by atomic mass is 35.5. The molecule has 0 N–H and O–H groups in total. The van der Waals surface area contributed by atoms with Gasteiger partial charge in [-0.1, -0.05) is 34.5 Å². The van der Waals surface area contributed by atoms with Crippen molar-refractivity contribution in [2.45, 2.75) is 6.10 Å². The minimum atomic E-state index is -0.544. The lowest BCUT2D eigenvalue weighted by Crippen LogP contribution is -2.38. The number of aromatic nitrogens is 3. The number of fused-ring (bicyclic) bond motifs is 1. The molecule has 0 radical (unpaired) electrons. The van der Waals surface area contributed by atoms with Crippen LogP contribution in [0.15, 0.2) is 29.2 Å². The molecule has 1 saturated heterocycles. The van der Waals surface area contributed by atoms with Gasteiger partial charge in [-0.2, -0.15) is 4.52 Å². The van der Waals surface area contributed by atoms with Gasteiger partial charge in [-0.05, 0) is 12.1 Å². The van der Waals surface area contributed by atoms with Gasteiger partial charge >= 0.3 is 0 Å². The zero-order chi connectivity index (χ0) is 17.6. The van der Waals surface area contributed by atoms with Gasteiger partial charge in [-0.15, -0.1) is 5.10 Å². The first-order valence-electron chi connectivity index (χ1n) is 7.39. The fourth-order valence-electron chi connectivity index (χ4n) is 2.66. The fraction of sp³-hybridized carbons (Fsp3) is 0.267. The highest BCUT2D eigenvalue weighted by Crippen LogP contribution is 2.34. The summed E-state index contributed by atoms with van der Waals surface area (Å²) >= 11 is 13.3. The van der Waals surface area contributed by atoms with Crippen LogP contribution >= 0.6 is 34.5 Å². The Balaban J connectivity index is 1.65. The molecule has 10 heteroatoms. The van der Waals surface area contributed by atoms with Crippen LogP contribution in [0.5, 0.6) is 0 Å². The molecule has 1 aliphatic heterocycles. The lowest BCUT2D eigenvalue weighted by molar-refractivity contribution is 0.0396. The molecular weight excluding hydrogens is 390 g/mol. The van der Waals surface area contributed by atoms with E-state index in [9.17, 15) is 9.18 Å². The van der Waals surface area contributed by atoms with Crippen LogP contribution in [0, 0.1) is 5.82 Å². The Morgan fingerprint density at radius 1 is 1.32 bits per heavy atom. The number of anilines is 1. The minimum absolute atomic E-state index is 0.0296. The standard InChI is InChI=1S/C15H11Cl2FN4O2S/c16-9-6-10(17)11(18)5-8(9)12-7-21(3-4-24-12)15-20-22-13(23)1-2-19-14(22)25-15/h1-2,5-6,12H,3-4,7H2. The second-order valence-corrected chi connectivity index (χ2v) is 7.20. The van der Waals surface area contributed by atoms with Crippen LogP contribution in [-0.4, -0.2) is 34.3 Å². The molecule has 0 spiro atoms. The molecule has 25 heavy (non-hydrogen) atoms. The van der Waals surface area contributed by atoms with Gasteiger partial charge in [0.05, 0.1) is 18.2 Å². The van der Waals surface area contributed by atoms with Crippen molar-refractivity contribution in [2.24, 2.45) is 0 Å². The fourth-order valence-corrected chi connectivity index (χ4v) is 4.07. The molecule has 4 rings (SSSR count). The molecule has 1 fully saturated rings. The zero-order valence-corrected chi connectivity index (χ0v) is 15.0. The van der Waals surface area contributed by atoms with Gasteiger partial charge < -0.3 is 9.64 Å². The van der Waals surface area contributed by atoms with Crippen LogP contribution in [0.1, 0.15) is 11.7 Å². The van der Waals surface area contributed by atoms with Gasteiger partial charge in [-0.25, -0.2) is 9.37 Å². The van der Waals surface area contributed by atoms with Crippen LogP contribution in [0.25, 0.3) is 4.96 Å². The number of nitrogens with zero attached hydrogens (tertiary/aromatic N) is 4. The Labute approximate surface area is 155 Å². The molecule has 1 atom stereocenters. The molecule has 0 saturated carbocycles. The number of morpholine rings is 1. The predicted octanol–water partition coefficient (Wildman–Crippen LogP) is 3.17. The van der Waals surface area contributed by atoms with Crippen molar-refractivity contribution in [2.75, 3.05) is 24.6 Å². The summed E-state index contributed by atoms with van der Waals surface area (Å²) < 4.78 is 20.8. The third-order valence-electron chi connectivity index (χ3n) is 3.88. The Hall–Kier alpha value is -1.74. The van der Waals surface area contributed by atoms with Crippen molar-refractivity contribution in [3.63, 3.8) is 0 Å². The molecule has 0 bridgehead atoms. The molecule has 6 nitrogen and oxygen atoms in total. The molecule has 0 amide bonds. The van der Waals surface area contributed by atoms with E-state index in [1.54, 1.807) is 0 Å². The van der Waals surface area contributed by atoms with Gasteiger partial charge in [-0.3, -0.25) is 4.79 Å². The molecule has 3 heterocycles. The third kappa shape index (κ3) is 3.10. The summed E-state index contributed by atoms with van der Waals surface area (Å²) in [6, 6.07) is 4.02. The van der Waals surface area contributed by atoms with Crippen LogP contribution < -0.4 is 10.5 Å². The van der Waals surface area contributed by atoms with E-state index >= 15 is 0 Å². The van der Waals surface area contributed by atoms with E-state index in [1.165, 1.54) is 40.2 Å². The first-order valence-corrected chi connectivity index (χ1v) is 8.96. The first kappa shape index (κ1) is 16.7. The summed E-state index contributed by atoms with van der Waals surface area (Å²) in [5.74, 6) is -0.544. The van der Waals surface area contributed by atoms with E-state index < -0.39 is 11.9 Å². The number of rotatable bonds is 2. The molecule has 1 aliphatic rings. The van der Waals surface area contributed by atoms with Crippen molar-refractivity contribution in [1.29, 1.82) is 0 Å². The molecular formula is C15H11Cl2FN4O2S. The maximum atomic E-state index is 13.8. The summed E-state index contributed by atoms with van der Waals surface area (Å²) in [7, 11) is 0. The average Bonchev–Trinajstić information content (AvgIpc) is 3.04. The van der Waals surface area contributed by atoms with Crippen molar-refractivity contribution in [1.82, 2.24) is 14.6 Å². The van der Waals surface area contributed by atoms with Crippen molar-refractivity contribution in [3.05, 3.63) is 56.2 Å². The highest BCUT2D eigenvalue weighted by molar-refractivity contribution is 7.20. The molecule has 3 aromatic rings. The summed E-state index contributed by atoms with van der Waals surface area (Å²) in [5.41, 5.74) is 0.296. The Bertz CT molecular complexity index is 1010. The number of hydrogen-bond donors (Lipinski definition) is 0. The van der Waals surface area contributed by atoms with Crippen LogP contribution in [0.3, 0.4) is 0 Å². The van der Waals surface area contributed by atoms with Crippen LogP contribution in [0.4, 0.5) is 9.52 Å². The normalized spacial score (nSPS) is 18.0. The monoisotopic (exact) mass is 400 g/mol. The lowest BCUT2D eigenvalue weighted by atomic mass is 10.1. The Kier molecular flexibility index (Phi) is 4.36. The number of ether oxygens (including phenoxy) is 1. The van der Waals surface area contributed by atoms with E-state index in [2.05, 4.69) is 10.1 Å². The van der Waals surface area contributed by atoms with E-state index in [-0.39, 0.29) is 10.6 Å². The van der Waals surface area contributed by atoms with Crippen molar-refractivity contribution >= 4 is 44.6 Å². The maximum Gasteiger partial charge on any atom is 0.275 e. The van der Waals surface area contributed by atoms with Gasteiger partial charge in [0.25, 0.3) is 5.56 Å².